The van der Waals surface area contributed by atoms with Gasteiger partial charge in [-0.1, -0.05) is 19.9 Å². The molecular formula is C16H25NO2. The Labute approximate surface area is 116 Å². The van der Waals surface area contributed by atoms with Gasteiger partial charge in [0.05, 0.1) is 6.61 Å². The molecule has 0 aliphatic rings. The molecule has 0 radical (unpaired) electrons. The van der Waals surface area contributed by atoms with Crippen LogP contribution in [0.5, 0.6) is 11.5 Å². The summed E-state index contributed by atoms with van der Waals surface area (Å²) in [6.07, 6.45) is 2.66. The normalized spacial score (nSPS) is 10.5. The van der Waals surface area contributed by atoms with Crippen LogP contribution < -0.4 is 14.8 Å². The third kappa shape index (κ3) is 5.79. The molecule has 0 atom stereocenters. The van der Waals surface area contributed by atoms with Crippen molar-refractivity contribution in [2.75, 3.05) is 19.8 Å². The number of ether oxygens (including phenoxy) is 2. The Bertz CT molecular complexity index is 388. The van der Waals surface area contributed by atoms with Crippen LogP contribution in [0.1, 0.15) is 26.3 Å². The smallest absolute Gasteiger partial charge is 0.123 e. The van der Waals surface area contributed by atoms with Gasteiger partial charge in [-0.25, -0.2) is 0 Å². The minimum atomic E-state index is 0.483. The van der Waals surface area contributed by atoms with Crippen molar-refractivity contribution in [3.63, 3.8) is 0 Å². The van der Waals surface area contributed by atoms with Gasteiger partial charge in [0, 0.05) is 18.2 Å². The lowest BCUT2D eigenvalue weighted by Crippen LogP contribution is -2.27. The summed E-state index contributed by atoms with van der Waals surface area (Å²) in [6, 6.07) is 6.42. The first kappa shape index (κ1) is 15.6. The van der Waals surface area contributed by atoms with Crippen molar-refractivity contribution in [2.45, 2.75) is 33.2 Å². The average molecular weight is 263 g/mol. The highest BCUT2D eigenvalue weighted by Crippen LogP contribution is 2.25. The molecule has 0 saturated carbocycles. The van der Waals surface area contributed by atoms with Crippen molar-refractivity contribution >= 4 is 0 Å². The molecule has 3 heteroatoms. The summed E-state index contributed by atoms with van der Waals surface area (Å²) >= 11 is 0. The van der Waals surface area contributed by atoms with Gasteiger partial charge in [0.15, 0.2) is 0 Å². The van der Waals surface area contributed by atoms with Crippen LogP contribution in [0, 0.1) is 0 Å². The summed E-state index contributed by atoms with van der Waals surface area (Å²) in [5, 5.41) is 3.33. The first-order chi connectivity index (χ1) is 9.17. The van der Waals surface area contributed by atoms with Crippen LogP contribution in [0.2, 0.25) is 0 Å². The van der Waals surface area contributed by atoms with Crippen LogP contribution >= 0.6 is 0 Å². The quantitative estimate of drug-likeness (QED) is 0.548. The van der Waals surface area contributed by atoms with Crippen LogP contribution in [-0.2, 0) is 6.42 Å². The Morgan fingerprint density at radius 1 is 1.32 bits per heavy atom. The Hall–Kier alpha value is -1.48. The molecule has 0 unspecified atom stereocenters. The van der Waals surface area contributed by atoms with Crippen molar-refractivity contribution in [1.29, 1.82) is 0 Å². The van der Waals surface area contributed by atoms with Gasteiger partial charge in [0.1, 0.15) is 18.1 Å². The van der Waals surface area contributed by atoms with Gasteiger partial charge in [-0.05, 0) is 31.5 Å². The summed E-state index contributed by atoms with van der Waals surface area (Å²) in [5.41, 5.74) is 1.12. The van der Waals surface area contributed by atoms with E-state index in [1.807, 2.05) is 31.2 Å². The first-order valence-electron chi connectivity index (χ1n) is 6.90. The molecule has 0 aliphatic heterocycles. The van der Waals surface area contributed by atoms with Gasteiger partial charge >= 0.3 is 0 Å². The number of benzene rings is 1. The summed E-state index contributed by atoms with van der Waals surface area (Å²) < 4.78 is 11.3. The molecule has 0 fully saturated rings. The summed E-state index contributed by atoms with van der Waals surface area (Å²) in [6.45, 7) is 12.2. The highest BCUT2D eigenvalue weighted by Gasteiger charge is 2.05. The molecule has 19 heavy (non-hydrogen) atoms. The molecule has 106 valence electrons. The largest absolute Gasteiger partial charge is 0.494 e. The summed E-state index contributed by atoms with van der Waals surface area (Å²) in [7, 11) is 0. The molecule has 1 rings (SSSR count). The summed E-state index contributed by atoms with van der Waals surface area (Å²) in [5.74, 6) is 1.79. The molecule has 1 N–H and O–H groups in total. The SMILES string of the molecule is C=CCc1cc(OCC)ccc1OCCNC(C)C. The van der Waals surface area contributed by atoms with E-state index in [2.05, 4.69) is 25.7 Å². The molecule has 3 nitrogen and oxygen atoms in total. The molecular weight excluding hydrogens is 238 g/mol. The van der Waals surface area contributed by atoms with Crippen molar-refractivity contribution in [2.24, 2.45) is 0 Å². The van der Waals surface area contributed by atoms with E-state index in [-0.39, 0.29) is 0 Å². The molecule has 0 spiro atoms. The van der Waals surface area contributed by atoms with Gasteiger partial charge in [0.25, 0.3) is 0 Å². The maximum Gasteiger partial charge on any atom is 0.123 e. The lowest BCUT2D eigenvalue weighted by molar-refractivity contribution is 0.304. The Morgan fingerprint density at radius 3 is 2.74 bits per heavy atom. The molecule has 0 amide bonds. The van der Waals surface area contributed by atoms with E-state index in [9.17, 15) is 0 Å². The maximum atomic E-state index is 5.81. The van der Waals surface area contributed by atoms with Gasteiger partial charge < -0.3 is 14.8 Å². The predicted octanol–water partition coefficient (Wildman–Crippen LogP) is 3.19. The van der Waals surface area contributed by atoms with Crippen molar-refractivity contribution in [1.82, 2.24) is 5.32 Å². The number of rotatable bonds is 9. The standard InChI is InChI=1S/C16H25NO2/c1-5-7-14-12-15(18-6-2)8-9-16(14)19-11-10-17-13(3)4/h5,8-9,12-13,17H,1,6-7,10-11H2,2-4H3. The van der Waals surface area contributed by atoms with Crippen LogP contribution in [0.25, 0.3) is 0 Å². The lowest BCUT2D eigenvalue weighted by Gasteiger charge is -2.14. The maximum absolute atomic E-state index is 5.81. The second kappa shape index (κ2) is 8.59. The van der Waals surface area contributed by atoms with Gasteiger partial charge in [0.2, 0.25) is 0 Å². The minimum Gasteiger partial charge on any atom is -0.494 e. The Kier molecular flexibility index (Phi) is 7.04. The minimum absolute atomic E-state index is 0.483. The fraction of sp³-hybridized carbons (Fsp3) is 0.500. The molecule has 0 aliphatic carbocycles. The van der Waals surface area contributed by atoms with Crippen molar-refractivity contribution in [3.8, 4) is 11.5 Å². The third-order valence-electron chi connectivity index (χ3n) is 2.62. The van der Waals surface area contributed by atoms with Crippen molar-refractivity contribution < 1.29 is 9.47 Å². The zero-order chi connectivity index (χ0) is 14.1. The Morgan fingerprint density at radius 2 is 2.11 bits per heavy atom. The summed E-state index contributed by atoms with van der Waals surface area (Å²) in [4.78, 5) is 0. The monoisotopic (exact) mass is 263 g/mol. The molecule has 0 aromatic heterocycles. The molecule has 1 aromatic rings. The van der Waals surface area contributed by atoms with Gasteiger partial charge in [-0.15, -0.1) is 6.58 Å². The van der Waals surface area contributed by atoms with E-state index >= 15 is 0 Å². The lowest BCUT2D eigenvalue weighted by atomic mass is 10.1. The van der Waals surface area contributed by atoms with Gasteiger partial charge in [-0.2, -0.15) is 0 Å². The number of allylic oxidation sites excluding steroid dienone is 1. The molecule has 0 saturated heterocycles. The number of hydrogen-bond donors (Lipinski definition) is 1. The molecule has 0 heterocycles. The second-order valence-electron chi connectivity index (χ2n) is 4.65. The fourth-order valence-corrected chi connectivity index (χ4v) is 1.78. The van der Waals surface area contributed by atoms with E-state index in [0.717, 1.165) is 30.0 Å². The van der Waals surface area contributed by atoms with E-state index in [1.54, 1.807) is 0 Å². The highest BCUT2D eigenvalue weighted by molar-refractivity contribution is 5.41. The topological polar surface area (TPSA) is 30.5 Å². The highest BCUT2D eigenvalue weighted by atomic mass is 16.5. The second-order valence-corrected chi connectivity index (χ2v) is 4.65. The third-order valence-corrected chi connectivity index (χ3v) is 2.62. The van der Waals surface area contributed by atoms with Crippen molar-refractivity contribution in [3.05, 3.63) is 36.4 Å². The first-order valence-corrected chi connectivity index (χ1v) is 6.90. The Balaban J connectivity index is 2.62. The van der Waals surface area contributed by atoms with Crippen LogP contribution in [0.3, 0.4) is 0 Å². The number of hydrogen-bond acceptors (Lipinski definition) is 3. The van der Waals surface area contributed by atoms with E-state index in [1.165, 1.54) is 0 Å². The van der Waals surface area contributed by atoms with E-state index < -0.39 is 0 Å². The van der Waals surface area contributed by atoms with E-state index in [4.69, 9.17) is 9.47 Å². The average Bonchev–Trinajstić information content (AvgIpc) is 2.37. The van der Waals surface area contributed by atoms with Crippen LogP contribution in [-0.4, -0.2) is 25.8 Å². The van der Waals surface area contributed by atoms with Crippen LogP contribution in [0.15, 0.2) is 30.9 Å². The fourth-order valence-electron chi connectivity index (χ4n) is 1.78. The van der Waals surface area contributed by atoms with Gasteiger partial charge in [-0.3, -0.25) is 0 Å². The number of nitrogens with one attached hydrogen (secondary N) is 1. The zero-order valence-electron chi connectivity index (χ0n) is 12.2. The molecule has 1 aromatic carbocycles. The van der Waals surface area contributed by atoms with Crippen LogP contribution in [0.4, 0.5) is 0 Å². The zero-order valence-corrected chi connectivity index (χ0v) is 12.2. The molecule has 0 bridgehead atoms. The predicted molar refractivity (Wildman–Crippen MR) is 80.1 cm³/mol. The van der Waals surface area contributed by atoms with E-state index in [0.29, 0.717) is 19.3 Å².